The predicted octanol–water partition coefficient (Wildman–Crippen LogP) is 2.55. The molecule has 5 heteroatoms. The summed E-state index contributed by atoms with van der Waals surface area (Å²) in [5.74, 6) is 0.136. The maximum Gasteiger partial charge on any atom is 0.225 e. The van der Waals surface area contributed by atoms with Crippen LogP contribution in [0, 0.1) is 5.92 Å². The van der Waals surface area contributed by atoms with Crippen LogP contribution < -0.4 is 5.32 Å². The molecule has 0 aromatic carbocycles. The minimum absolute atomic E-state index is 0.0829. The summed E-state index contributed by atoms with van der Waals surface area (Å²) < 4.78 is 0. The van der Waals surface area contributed by atoms with Gasteiger partial charge in [0.15, 0.2) is 0 Å². The van der Waals surface area contributed by atoms with E-state index in [1.54, 1.807) is 0 Å². The number of carbonyl (C=O) groups excluding carboxylic acids is 2. The van der Waals surface area contributed by atoms with Crippen molar-refractivity contribution in [1.82, 2.24) is 15.1 Å². The summed E-state index contributed by atoms with van der Waals surface area (Å²) in [6.07, 6.45) is 11.3. The predicted molar refractivity (Wildman–Crippen MR) is 99.2 cm³/mol. The summed E-state index contributed by atoms with van der Waals surface area (Å²) in [6, 6.07) is 1.13. The Morgan fingerprint density at radius 1 is 1.16 bits per heavy atom. The minimum Gasteiger partial charge on any atom is -0.356 e. The third-order valence-corrected chi connectivity index (χ3v) is 6.44. The first-order valence-corrected chi connectivity index (χ1v) is 10.5. The number of piperidine rings is 1. The van der Waals surface area contributed by atoms with Gasteiger partial charge in [-0.15, -0.1) is 0 Å². The van der Waals surface area contributed by atoms with Crippen molar-refractivity contribution in [2.45, 2.75) is 83.2 Å². The molecule has 2 heterocycles. The lowest BCUT2D eigenvalue weighted by atomic mass is 10.00. The van der Waals surface area contributed by atoms with Crippen LogP contribution in [0.3, 0.4) is 0 Å². The zero-order valence-corrected chi connectivity index (χ0v) is 15.8. The number of likely N-dealkylation sites (tertiary alicyclic amines) is 2. The molecule has 3 aliphatic rings. The molecule has 1 aliphatic carbocycles. The van der Waals surface area contributed by atoms with Crippen molar-refractivity contribution < 1.29 is 9.59 Å². The van der Waals surface area contributed by atoms with Crippen LogP contribution in [0.4, 0.5) is 0 Å². The Morgan fingerprint density at radius 3 is 2.68 bits per heavy atom. The molecule has 3 fully saturated rings. The molecule has 0 aromatic rings. The second-order valence-electron chi connectivity index (χ2n) is 8.12. The molecular formula is C20H35N3O2. The number of carbonyl (C=O) groups is 2. The number of hydrogen-bond donors (Lipinski definition) is 1. The van der Waals surface area contributed by atoms with E-state index in [1.807, 2.05) is 4.90 Å². The van der Waals surface area contributed by atoms with Crippen molar-refractivity contribution >= 4 is 11.8 Å². The number of nitrogens with one attached hydrogen (secondary N) is 1. The highest BCUT2D eigenvalue weighted by Crippen LogP contribution is 2.29. The maximum atomic E-state index is 12.4. The number of nitrogens with zero attached hydrogens (tertiary/aromatic N) is 2. The van der Waals surface area contributed by atoms with Gasteiger partial charge in [-0.1, -0.05) is 26.2 Å². The number of rotatable bonds is 7. The van der Waals surface area contributed by atoms with Crippen molar-refractivity contribution in [3.63, 3.8) is 0 Å². The molecule has 0 unspecified atom stereocenters. The van der Waals surface area contributed by atoms with Crippen LogP contribution in [0.5, 0.6) is 0 Å². The molecule has 142 valence electrons. The van der Waals surface area contributed by atoms with E-state index in [0.29, 0.717) is 19.0 Å². The fourth-order valence-electron chi connectivity index (χ4n) is 4.93. The highest BCUT2D eigenvalue weighted by Gasteiger charge is 2.38. The molecule has 0 aromatic heterocycles. The van der Waals surface area contributed by atoms with Gasteiger partial charge in [-0.25, -0.2) is 0 Å². The zero-order valence-electron chi connectivity index (χ0n) is 15.8. The van der Waals surface area contributed by atoms with Crippen LogP contribution in [-0.4, -0.2) is 59.9 Å². The van der Waals surface area contributed by atoms with E-state index < -0.39 is 0 Å². The fraction of sp³-hybridized carbons (Fsp3) is 0.900. The summed E-state index contributed by atoms with van der Waals surface area (Å²) in [5.41, 5.74) is 0. The van der Waals surface area contributed by atoms with E-state index in [0.717, 1.165) is 38.4 Å². The average Bonchev–Trinajstić information content (AvgIpc) is 3.28. The van der Waals surface area contributed by atoms with E-state index in [4.69, 9.17) is 0 Å². The van der Waals surface area contributed by atoms with E-state index in [1.165, 1.54) is 45.1 Å². The van der Waals surface area contributed by atoms with Crippen LogP contribution >= 0.6 is 0 Å². The molecular weight excluding hydrogens is 314 g/mol. The summed E-state index contributed by atoms with van der Waals surface area (Å²) in [6.45, 7) is 5.94. The van der Waals surface area contributed by atoms with Crippen LogP contribution in [-0.2, 0) is 9.59 Å². The molecule has 2 atom stereocenters. The largest absolute Gasteiger partial charge is 0.356 e. The Morgan fingerprint density at radius 2 is 1.92 bits per heavy atom. The van der Waals surface area contributed by atoms with E-state index in [-0.39, 0.29) is 17.7 Å². The van der Waals surface area contributed by atoms with Crippen molar-refractivity contribution in [2.24, 2.45) is 5.92 Å². The Kier molecular flexibility index (Phi) is 6.74. The van der Waals surface area contributed by atoms with Crippen molar-refractivity contribution in [1.29, 1.82) is 0 Å². The van der Waals surface area contributed by atoms with Gasteiger partial charge in [-0.3, -0.25) is 9.59 Å². The Bertz CT molecular complexity index is 462. The number of hydrogen-bond acceptors (Lipinski definition) is 3. The first kappa shape index (κ1) is 18.7. The monoisotopic (exact) mass is 349 g/mol. The molecule has 1 N–H and O–H groups in total. The quantitative estimate of drug-likeness (QED) is 0.719. The second kappa shape index (κ2) is 9.02. The fourth-order valence-corrected chi connectivity index (χ4v) is 4.93. The van der Waals surface area contributed by atoms with Crippen molar-refractivity contribution in [3.8, 4) is 0 Å². The lowest BCUT2D eigenvalue weighted by Crippen LogP contribution is -2.41. The SMILES string of the molecule is CC[C@H]1CCCCN1CCCNC(=O)[C@@H]1CC(=O)N(C2CCCC2)C1. The van der Waals surface area contributed by atoms with Gasteiger partial charge in [-0.05, 0) is 45.1 Å². The normalized spacial score (nSPS) is 28.7. The topological polar surface area (TPSA) is 52.7 Å². The van der Waals surface area contributed by atoms with Gasteiger partial charge in [0.1, 0.15) is 0 Å². The standard InChI is InChI=1S/C20H35N3O2/c1-2-17-8-5-6-12-22(17)13-7-11-21-20(25)16-14-19(24)23(15-16)18-9-3-4-10-18/h16-18H,2-15H2,1H3,(H,21,25)/t16-,17+/m1/s1. The van der Waals surface area contributed by atoms with Gasteiger partial charge in [0.2, 0.25) is 11.8 Å². The van der Waals surface area contributed by atoms with Gasteiger partial charge < -0.3 is 15.1 Å². The highest BCUT2D eigenvalue weighted by atomic mass is 16.2. The summed E-state index contributed by atoms with van der Waals surface area (Å²) in [5, 5.41) is 3.08. The van der Waals surface area contributed by atoms with Gasteiger partial charge >= 0.3 is 0 Å². The maximum absolute atomic E-state index is 12.4. The van der Waals surface area contributed by atoms with Crippen molar-refractivity contribution in [2.75, 3.05) is 26.2 Å². The second-order valence-corrected chi connectivity index (χ2v) is 8.12. The molecule has 2 aliphatic heterocycles. The van der Waals surface area contributed by atoms with Crippen LogP contribution in [0.1, 0.15) is 71.1 Å². The van der Waals surface area contributed by atoms with Crippen LogP contribution in [0.15, 0.2) is 0 Å². The highest BCUT2D eigenvalue weighted by molar-refractivity contribution is 5.89. The van der Waals surface area contributed by atoms with Gasteiger partial charge in [0.05, 0.1) is 5.92 Å². The smallest absolute Gasteiger partial charge is 0.225 e. The molecule has 3 rings (SSSR count). The third-order valence-electron chi connectivity index (χ3n) is 6.44. The summed E-state index contributed by atoms with van der Waals surface area (Å²) in [7, 11) is 0. The Balaban J connectivity index is 1.36. The van der Waals surface area contributed by atoms with Crippen LogP contribution in [0.25, 0.3) is 0 Å². The third kappa shape index (κ3) is 4.75. The molecule has 0 spiro atoms. The zero-order chi connectivity index (χ0) is 17.6. The average molecular weight is 350 g/mol. The van der Waals surface area contributed by atoms with Gasteiger partial charge in [0, 0.05) is 38.1 Å². The first-order chi connectivity index (χ1) is 12.2. The minimum atomic E-state index is -0.133. The molecule has 2 amide bonds. The molecule has 2 saturated heterocycles. The van der Waals surface area contributed by atoms with Gasteiger partial charge in [-0.2, -0.15) is 0 Å². The summed E-state index contributed by atoms with van der Waals surface area (Å²) in [4.78, 5) is 29.2. The molecule has 1 saturated carbocycles. The lowest BCUT2D eigenvalue weighted by Gasteiger charge is -2.35. The Hall–Kier alpha value is -1.10. The van der Waals surface area contributed by atoms with E-state index >= 15 is 0 Å². The molecule has 5 nitrogen and oxygen atoms in total. The molecule has 0 radical (unpaired) electrons. The number of amides is 2. The lowest BCUT2D eigenvalue weighted by molar-refractivity contribution is -0.130. The summed E-state index contributed by atoms with van der Waals surface area (Å²) >= 11 is 0. The van der Waals surface area contributed by atoms with Crippen LogP contribution in [0.2, 0.25) is 0 Å². The molecule has 25 heavy (non-hydrogen) atoms. The first-order valence-electron chi connectivity index (χ1n) is 10.5. The molecule has 0 bridgehead atoms. The van der Waals surface area contributed by atoms with Gasteiger partial charge in [0.25, 0.3) is 0 Å². The van der Waals surface area contributed by atoms with Crippen molar-refractivity contribution in [3.05, 3.63) is 0 Å². The Labute approximate surface area is 152 Å². The van der Waals surface area contributed by atoms with E-state index in [9.17, 15) is 9.59 Å². The van der Waals surface area contributed by atoms with E-state index in [2.05, 4.69) is 17.1 Å².